The Morgan fingerprint density at radius 3 is 0.911 bits per heavy atom. The van der Waals surface area contributed by atoms with Gasteiger partial charge in [-0.2, -0.15) is 0 Å². The summed E-state index contributed by atoms with van der Waals surface area (Å²) in [6.07, 6.45) is 101. The fourth-order valence-corrected chi connectivity index (χ4v) is 12.2. The predicted octanol–water partition coefficient (Wildman–Crippen LogP) is 25.7. The number of phosphoric acid groups is 1. The summed E-state index contributed by atoms with van der Waals surface area (Å²) in [6, 6.07) is 0. The Hall–Kier alpha value is -2.81. The van der Waals surface area contributed by atoms with Gasteiger partial charge in [0, 0.05) is 19.4 Å². The Morgan fingerprint density at radius 2 is 0.611 bits per heavy atom. The molecule has 0 bridgehead atoms. The van der Waals surface area contributed by atoms with Crippen LogP contribution in [-0.2, 0) is 32.7 Å². The van der Waals surface area contributed by atoms with E-state index in [2.05, 4.69) is 98.9 Å². The van der Waals surface area contributed by atoms with Crippen molar-refractivity contribution in [2.24, 2.45) is 5.73 Å². The van der Waals surface area contributed by atoms with Crippen molar-refractivity contribution < 1.29 is 37.6 Å². The van der Waals surface area contributed by atoms with E-state index in [0.717, 1.165) is 77.0 Å². The third-order valence-electron chi connectivity index (χ3n) is 17.0. The molecular formula is C80H146NO8P. The lowest BCUT2D eigenvalue weighted by molar-refractivity contribution is -0.161. The molecule has 0 aliphatic carbocycles. The lowest BCUT2D eigenvalue weighted by Gasteiger charge is -2.19. The average molecular weight is 1280 g/mol. The first-order valence-electron chi connectivity index (χ1n) is 38.6. The van der Waals surface area contributed by atoms with Crippen LogP contribution in [0.4, 0.5) is 0 Å². The first kappa shape index (κ1) is 87.2. The second-order valence-corrected chi connectivity index (χ2v) is 27.3. The van der Waals surface area contributed by atoms with Crippen molar-refractivity contribution in [1.82, 2.24) is 0 Å². The van der Waals surface area contributed by atoms with E-state index >= 15 is 0 Å². The van der Waals surface area contributed by atoms with Crippen molar-refractivity contribution in [3.05, 3.63) is 85.1 Å². The van der Waals surface area contributed by atoms with Crippen molar-refractivity contribution in [3.8, 4) is 0 Å². The fourth-order valence-electron chi connectivity index (χ4n) is 11.4. The molecule has 2 unspecified atom stereocenters. The number of carbonyl (C=O) groups is 2. The summed E-state index contributed by atoms with van der Waals surface area (Å²) >= 11 is 0. The SMILES string of the molecule is CC/C=C\C/C=C\C/C=C\C/C=C\C/C=C\C/C=C\C/C=C\CCCCCCCCCCCCCCCCCCCCCC(=O)OC(COC(=O)CCCCCCCCCCCCCCCCCCCCCCCCCCCCCC)COP(=O)(O)OCCN. The average Bonchev–Trinajstić information content (AvgIpc) is 3.68. The van der Waals surface area contributed by atoms with Gasteiger partial charge in [0.1, 0.15) is 6.61 Å². The predicted molar refractivity (Wildman–Crippen MR) is 390 cm³/mol. The maximum atomic E-state index is 12.8. The summed E-state index contributed by atoms with van der Waals surface area (Å²) in [5, 5.41) is 0. The summed E-state index contributed by atoms with van der Waals surface area (Å²) < 4.78 is 33.3. The monoisotopic (exact) mass is 1280 g/mol. The zero-order chi connectivity index (χ0) is 65.1. The van der Waals surface area contributed by atoms with Crippen molar-refractivity contribution in [2.45, 2.75) is 386 Å². The molecular weight excluding hydrogens is 1130 g/mol. The number of hydrogen-bond acceptors (Lipinski definition) is 8. The number of hydrogen-bond donors (Lipinski definition) is 2. The molecule has 0 radical (unpaired) electrons. The molecule has 524 valence electrons. The van der Waals surface area contributed by atoms with E-state index in [-0.39, 0.29) is 38.6 Å². The first-order chi connectivity index (χ1) is 44.3. The van der Waals surface area contributed by atoms with Gasteiger partial charge in [-0.15, -0.1) is 0 Å². The van der Waals surface area contributed by atoms with E-state index in [1.54, 1.807) is 0 Å². The van der Waals surface area contributed by atoms with Crippen LogP contribution in [0.2, 0.25) is 0 Å². The van der Waals surface area contributed by atoms with Gasteiger partial charge in [-0.1, -0.05) is 381 Å². The van der Waals surface area contributed by atoms with Gasteiger partial charge in [-0.3, -0.25) is 18.6 Å². The molecule has 0 spiro atoms. The maximum absolute atomic E-state index is 12.8. The molecule has 0 heterocycles. The van der Waals surface area contributed by atoms with Gasteiger partial charge < -0.3 is 20.1 Å². The lowest BCUT2D eigenvalue weighted by atomic mass is 10.0. The maximum Gasteiger partial charge on any atom is 0.472 e. The molecule has 0 fully saturated rings. The summed E-state index contributed by atoms with van der Waals surface area (Å²) in [4.78, 5) is 35.4. The van der Waals surface area contributed by atoms with Crippen LogP contribution in [0.15, 0.2) is 85.1 Å². The van der Waals surface area contributed by atoms with Gasteiger partial charge in [0.25, 0.3) is 0 Å². The molecule has 9 nitrogen and oxygen atoms in total. The Balaban J connectivity index is 3.79. The zero-order valence-corrected chi connectivity index (χ0v) is 60.0. The standard InChI is InChI=1S/C80H146NO8P/c1-3-5-7-9-11-13-15-17-19-21-23-25-27-29-31-33-34-35-36-37-38-39-40-41-42-43-44-45-47-49-51-53-55-57-59-61-63-65-67-69-71-73-80(83)89-78(77-88-90(84,85)87-75-74-81)76-86-79(82)72-70-68-66-64-62-60-58-56-54-52-50-48-46-32-30-28-26-24-22-20-18-16-14-12-10-8-6-4-2/h5,7,11,13,17,19,23,25,29,31,34-35,37-38,78H,3-4,6,8-10,12,14-16,18,20-22,24,26-28,30,32-33,36,39-77,81H2,1-2H3,(H,84,85)/b7-5-,13-11-,19-17-,25-23-,31-29-,35-34-,38-37-. The van der Waals surface area contributed by atoms with Crippen LogP contribution in [0.3, 0.4) is 0 Å². The highest BCUT2D eigenvalue weighted by atomic mass is 31.2. The molecule has 0 aromatic carbocycles. The van der Waals surface area contributed by atoms with Crippen LogP contribution in [0.25, 0.3) is 0 Å². The van der Waals surface area contributed by atoms with Crippen LogP contribution in [0.1, 0.15) is 380 Å². The number of unbranched alkanes of at least 4 members (excludes halogenated alkanes) is 46. The minimum atomic E-state index is -4.39. The third-order valence-corrected chi connectivity index (χ3v) is 18.0. The number of nitrogens with two attached hydrogens (primary N) is 1. The fraction of sp³-hybridized carbons (Fsp3) is 0.800. The molecule has 90 heavy (non-hydrogen) atoms. The topological polar surface area (TPSA) is 134 Å². The van der Waals surface area contributed by atoms with Gasteiger partial charge in [0.05, 0.1) is 13.2 Å². The highest BCUT2D eigenvalue weighted by Crippen LogP contribution is 2.43. The highest BCUT2D eigenvalue weighted by molar-refractivity contribution is 7.47. The van der Waals surface area contributed by atoms with Crippen molar-refractivity contribution in [3.63, 3.8) is 0 Å². The molecule has 0 rings (SSSR count). The minimum Gasteiger partial charge on any atom is -0.462 e. The third kappa shape index (κ3) is 74.2. The quantitative estimate of drug-likeness (QED) is 0.0264. The molecule has 0 aromatic heterocycles. The molecule has 10 heteroatoms. The van der Waals surface area contributed by atoms with E-state index in [1.807, 2.05) is 0 Å². The normalized spacial score (nSPS) is 13.3. The van der Waals surface area contributed by atoms with Crippen LogP contribution >= 0.6 is 7.82 Å². The molecule has 3 N–H and O–H groups in total. The summed E-state index contributed by atoms with van der Waals surface area (Å²) in [5.74, 6) is -0.807. The van der Waals surface area contributed by atoms with E-state index in [1.165, 1.54) is 270 Å². The number of carbonyl (C=O) groups excluding carboxylic acids is 2. The summed E-state index contributed by atoms with van der Waals surface area (Å²) in [6.45, 7) is 3.70. The van der Waals surface area contributed by atoms with E-state index in [0.29, 0.717) is 6.42 Å². The molecule has 0 saturated heterocycles. The molecule has 0 aliphatic rings. The van der Waals surface area contributed by atoms with Gasteiger partial charge in [0.2, 0.25) is 0 Å². The Bertz CT molecular complexity index is 1750. The number of allylic oxidation sites excluding steroid dienone is 14. The smallest absolute Gasteiger partial charge is 0.462 e. The van der Waals surface area contributed by atoms with Gasteiger partial charge >= 0.3 is 19.8 Å². The number of phosphoric ester groups is 1. The van der Waals surface area contributed by atoms with Gasteiger partial charge in [0.15, 0.2) is 6.10 Å². The second kappa shape index (κ2) is 75.2. The molecule has 0 aliphatic heterocycles. The largest absolute Gasteiger partial charge is 0.472 e. The van der Waals surface area contributed by atoms with Crippen molar-refractivity contribution in [1.29, 1.82) is 0 Å². The minimum absolute atomic E-state index is 0.0544. The second-order valence-electron chi connectivity index (χ2n) is 25.9. The summed E-state index contributed by atoms with van der Waals surface area (Å²) in [7, 11) is -4.39. The summed E-state index contributed by atoms with van der Waals surface area (Å²) in [5.41, 5.74) is 5.41. The Morgan fingerprint density at radius 1 is 0.344 bits per heavy atom. The number of esters is 2. The molecule has 0 saturated carbocycles. The molecule has 0 aromatic rings. The first-order valence-corrected chi connectivity index (χ1v) is 40.1. The highest BCUT2D eigenvalue weighted by Gasteiger charge is 2.26. The van der Waals surface area contributed by atoms with E-state index in [4.69, 9.17) is 24.3 Å². The lowest BCUT2D eigenvalue weighted by Crippen LogP contribution is -2.29. The Labute approximate surface area is 557 Å². The molecule has 2 atom stereocenters. The van der Waals surface area contributed by atoms with E-state index < -0.39 is 26.5 Å². The number of rotatable bonds is 73. The Kier molecular flexibility index (Phi) is 72.9. The van der Waals surface area contributed by atoms with Gasteiger partial charge in [-0.05, 0) is 70.6 Å². The molecule has 0 amide bonds. The van der Waals surface area contributed by atoms with E-state index in [9.17, 15) is 19.0 Å². The van der Waals surface area contributed by atoms with Crippen LogP contribution in [0, 0.1) is 0 Å². The van der Waals surface area contributed by atoms with Crippen LogP contribution in [0.5, 0.6) is 0 Å². The van der Waals surface area contributed by atoms with Crippen LogP contribution in [-0.4, -0.2) is 49.3 Å². The number of ether oxygens (including phenoxy) is 2. The van der Waals surface area contributed by atoms with Gasteiger partial charge in [-0.25, -0.2) is 4.57 Å². The zero-order valence-electron chi connectivity index (χ0n) is 59.1. The van der Waals surface area contributed by atoms with Crippen molar-refractivity contribution >= 4 is 19.8 Å². The van der Waals surface area contributed by atoms with Crippen LogP contribution < -0.4 is 5.73 Å². The van der Waals surface area contributed by atoms with Crippen molar-refractivity contribution in [2.75, 3.05) is 26.4 Å².